The Kier molecular flexibility index (Phi) is 4.41. The van der Waals surface area contributed by atoms with E-state index in [2.05, 4.69) is 46.9 Å². The molecule has 0 radical (unpaired) electrons. The average Bonchev–Trinajstić information content (AvgIpc) is 2.86. The van der Waals surface area contributed by atoms with Crippen molar-refractivity contribution in [1.82, 2.24) is 0 Å². The molecule has 4 heteroatoms. The van der Waals surface area contributed by atoms with E-state index in [0.717, 1.165) is 25.2 Å². The second kappa shape index (κ2) is 5.92. The van der Waals surface area contributed by atoms with Crippen LogP contribution in [0.4, 0.5) is 0 Å². The van der Waals surface area contributed by atoms with Crippen LogP contribution in [0.1, 0.15) is 30.9 Å². The molecule has 2 N–H and O–H groups in total. The van der Waals surface area contributed by atoms with E-state index >= 15 is 0 Å². The van der Waals surface area contributed by atoms with E-state index in [9.17, 15) is 0 Å². The maximum absolute atomic E-state index is 6.55. The van der Waals surface area contributed by atoms with Gasteiger partial charge in [-0.3, -0.25) is 0 Å². The number of ether oxygens (including phenoxy) is 1. The van der Waals surface area contributed by atoms with Gasteiger partial charge in [-0.15, -0.1) is 0 Å². The van der Waals surface area contributed by atoms with Crippen LogP contribution in [0.25, 0.3) is 0 Å². The summed E-state index contributed by atoms with van der Waals surface area (Å²) in [7, 11) is 0. The molecule has 0 saturated carbocycles. The Balaban J connectivity index is 1.76. The van der Waals surface area contributed by atoms with Crippen molar-refractivity contribution in [3.8, 4) is 0 Å². The second-order valence-electron chi connectivity index (χ2n) is 5.63. The van der Waals surface area contributed by atoms with Gasteiger partial charge in [-0.1, -0.05) is 18.2 Å². The summed E-state index contributed by atoms with van der Waals surface area (Å²) < 4.78 is 7.38. The van der Waals surface area contributed by atoms with Crippen LogP contribution in [0.15, 0.2) is 24.3 Å². The van der Waals surface area contributed by atoms with Crippen molar-refractivity contribution in [2.75, 3.05) is 18.1 Å². The molecule has 0 aromatic heterocycles. The lowest BCUT2D eigenvalue weighted by molar-refractivity contribution is -0.0834. The number of rotatable bonds is 2. The van der Waals surface area contributed by atoms with Crippen LogP contribution >= 0.6 is 34.4 Å². The number of halogens is 1. The monoisotopic (exact) mass is 389 g/mol. The first-order valence-corrected chi connectivity index (χ1v) is 9.15. The van der Waals surface area contributed by atoms with Crippen molar-refractivity contribution in [1.29, 1.82) is 0 Å². The summed E-state index contributed by atoms with van der Waals surface area (Å²) in [4.78, 5) is 0. The zero-order chi connectivity index (χ0) is 13.3. The third-order valence-corrected chi connectivity index (χ3v) is 6.58. The van der Waals surface area contributed by atoms with Gasteiger partial charge < -0.3 is 10.5 Å². The molecule has 104 valence electrons. The summed E-state index contributed by atoms with van der Waals surface area (Å²) >= 11 is 4.42. The standard InChI is InChI=1S/C15H20INOS/c16-13-4-2-1-3-12(13)14(17)11-5-7-18-15(9-11)6-8-19-10-15/h1-4,11,14H,5-10,17H2. The number of hydrogen-bond donors (Lipinski definition) is 1. The Bertz CT molecular complexity index is 448. The van der Waals surface area contributed by atoms with Gasteiger partial charge in [0.25, 0.3) is 0 Å². The Morgan fingerprint density at radius 2 is 2.26 bits per heavy atom. The van der Waals surface area contributed by atoms with Crippen molar-refractivity contribution in [2.24, 2.45) is 11.7 Å². The number of benzene rings is 1. The van der Waals surface area contributed by atoms with E-state index in [1.54, 1.807) is 0 Å². The fraction of sp³-hybridized carbons (Fsp3) is 0.600. The highest BCUT2D eigenvalue weighted by molar-refractivity contribution is 14.1. The number of thioether (sulfide) groups is 1. The number of hydrogen-bond acceptors (Lipinski definition) is 3. The Labute approximate surface area is 133 Å². The highest BCUT2D eigenvalue weighted by atomic mass is 127. The van der Waals surface area contributed by atoms with E-state index in [1.165, 1.54) is 21.3 Å². The molecule has 2 heterocycles. The third-order valence-electron chi connectivity index (χ3n) is 4.37. The molecule has 3 unspecified atom stereocenters. The highest BCUT2D eigenvalue weighted by Gasteiger charge is 2.42. The third kappa shape index (κ3) is 2.96. The van der Waals surface area contributed by atoms with E-state index in [1.807, 2.05) is 11.8 Å². The zero-order valence-electron chi connectivity index (χ0n) is 11.0. The maximum atomic E-state index is 6.55. The summed E-state index contributed by atoms with van der Waals surface area (Å²) in [5.74, 6) is 2.95. The van der Waals surface area contributed by atoms with Crippen molar-refractivity contribution in [2.45, 2.75) is 30.9 Å². The van der Waals surface area contributed by atoms with E-state index in [0.29, 0.717) is 5.92 Å². The molecule has 0 aliphatic carbocycles. The normalized spacial score (nSPS) is 32.6. The molecule has 3 rings (SSSR count). The molecule has 2 fully saturated rings. The van der Waals surface area contributed by atoms with Crippen LogP contribution in [0.3, 0.4) is 0 Å². The minimum atomic E-state index is 0.130. The van der Waals surface area contributed by atoms with E-state index in [-0.39, 0.29) is 11.6 Å². The smallest absolute Gasteiger partial charge is 0.0783 e. The quantitative estimate of drug-likeness (QED) is 0.786. The van der Waals surface area contributed by atoms with E-state index in [4.69, 9.17) is 10.5 Å². The average molecular weight is 389 g/mol. The van der Waals surface area contributed by atoms with E-state index < -0.39 is 0 Å². The molecule has 3 atom stereocenters. The van der Waals surface area contributed by atoms with Crippen LogP contribution in [0, 0.1) is 9.49 Å². The van der Waals surface area contributed by atoms with Crippen molar-refractivity contribution >= 4 is 34.4 Å². The summed E-state index contributed by atoms with van der Waals surface area (Å²) in [5.41, 5.74) is 7.99. The minimum absolute atomic E-state index is 0.130. The van der Waals surface area contributed by atoms with Gasteiger partial charge in [0.15, 0.2) is 0 Å². The van der Waals surface area contributed by atoms with Gasteiger partial charge in [0.2, 0.25) is 0 Å². The molecule has 1 aromatic carbocycles. The predicted molar refractivity (Wildman–Crippen MR) is 89.4 cm³/mol. The predicted octanol–water partition coefficient (Wildman–Crippen LogP) is 3.59. The van der Waals surface area contributed by atoms with Crippen molar-refractivity contribution < 1.29 is 4.74 Å². The van der Waals surface area contributed by atoms with Gasteiger partial charge in [0.05, 0.1) is 5.60 Å². The molecule has 2 nitrogen and oxygen atoms in total. The molecular weight excluding hydrogens is 369 g/mol. The lowest BCUT2D eigenvalue weighted by atomic mass is 9.79. The maximum Gasteiger partial charge on any atom is 0.0783 e. The summed E-state index contributed by atoms with van der Waals surface area (Å²) in [5, 5.41) is 0. The molecule has 0 bridgehead atoms. The summed E-state index contributed by atoms with van der Waals surface area (Å²) in [6.45, 7) is 0.877. The highest BCUT2D eigenvalue weighted by Crippen LogP contribution is 2.43. The lowest BCUT2D eigenvalue weighted by Gasteiger charge is -2.40. The van der Waals surface area contributed by atoms with Gasteiger partial charge >= 0.3 is 0 Å². The minimum Gasteiger partial charge on any atom is -0.374 e. The number of nitrogens with two attached hydrogens (primary N) is 1. The van der Waals surface area contributed by atoms with Crippen molar-refractivity contribution in [3.63, 3.8) is 0 Å². The molecular formula is C15H20INOS. The molecule has 2 aliphatic heterocycles. The Hall–Kier alpha value is 0.220. The van der Waals surface area contributed by atoms with Gasteiger partial charge in [-0.05, 0) is 65.2 Å². The van der Waals surface area contributed by atoms with Gasteiger partial charge in [0.1, 0.15) is 0 Å². The fourth-order valence-electron chi connectivity index (χ4n) is 3.23. The molecule has 19 heavy (non-hydrogen) atoms. The van der Waals surface area contributed by atoms with Crippen LogP contribution < -0.4 is 5.73 Å². The SMILES string of the molecule is NC(c1ccccc1I)C1CCOC2(CCSC2)C1. The molecule has 0 amide bonds. The lowest BCUT2D eigenvalue weighted by Crippen LogP contribution is -2.42. The summed E-state index contributed by atoms with van der Waals surface area (Å²) in [6.07, 6.45) is 3.43. The van der Waals surface area contributed by atoms with Crippen LogP contribution in [-0.4, -0.2) is 23.7 Å². The topological polar surface area (TPSA) is 35.2 Å². The molecule has 1 spiro atoms. The molecule has 1 aromatic rings. The van der Waals surface area contributed by atoms with Crippen LogP contribution in [0.5, 0.6) is 0 Å². The zero-order valence-corrected chi connectivity index (χ0v) is 14.0. The Morgan fingerprint density at radius 3 is 3.00 bits per heavy atom. The second-order valence-corrected chi connectivity index (χ2v) is 7.90. The van der Waals surface area contributed by atoms with Crippen LogP contribution in [0.2, 0.25) is 0 Å². The van der Waals surface area contributed by atoms with Gasteiger partial charge in [-0.25, -0.2) is 0 Å². The first-order chi connectivity index (χ1) is 9.20. The fourth-order valence-corrected chi connectivity index (χ4v) is 5.36. The van der Waals surface area contributed by atoms with Gasteiger partial charge in [-0.2, -0.15) is 11.8 Å². The molecule has 2 aliphatic rings. The largest absolute Gasteiger partial charge is 0.374 e. The first kappa shape index (κ1) is 14.2. The Morgan fingerprint density at radius 1 is 1.42 bits per heavy atom. The summed E-state index contributed by atoms with van der Waals surface area (Å²) in [6, 6.07) is 8.66. The van der Waals surface area contributed by atoms with Gasteiger partial charge in [0, 0.05) is 22.0 Å². The molecule has 2 saturated heterocycles. The first-order valence-electron chi connectivity index (χ1n) is 6.92. The van der Waals surface area contributed by atoms with Crippen LogP contribution in [-0.2, 0) is 4.74 Å². The van der Waals surface area contributed by atoms with Crippen molar-refractivity contribution in [3.05, 3.63) is 33.4 Å².